The predicted octanol–water partition coefficient (Wildman–Crippen LogP) is 1.27. The third-order valence-corrected chi connectivity index (χ3v) is 3.63. The van der Waals surface area contributed by atoms with Crippen LogP contribution in [0.3, 0.4) is 0 Å². The molecular weight excluding hydrogens is 180 g/mol. The van der Waals surface area contributed by atoms with Gasteiger partial charge in [-0.2, -0.15) is 11.8 Å². The number of likely N-dealkylation sites (tertiary alicyclic amines) is 1. The lowest BCUT2D eigenvalue weighted by Gasteiger charge is -2.19. The highest BCUT2D eigenvalue weighted by Crippen LogP contribution is 2.17. The molecular formula is C10H22N2S. The molecule has 0 radical (unpaired) electrons. The molecule has 1 rings (SSSR count). The number of rotatable bonds is 5. The molecule has 0 aliphatic carbocycles. The molecule has 1 saturated heterocycles. The lowest BCUT2D eigenvalue weighted by Crippen LogP contribution is -2.28. The largest absolute Gasteiger partial charge is 0.330 e. The molecule has 1 aliphatic heterocycles. The summed E-state index contributed by atoms with van der Waals surface area (Å²) in [4.78, 5) is 2.57. The zero-order valence-corrected chi connectivity index (χ0v) is 9.65. The Kier molecular flexibility index (Phi) is 5.14. The van der Waals surface area contributed by atoms with Gasteiger partial charge in [0.2, 0.25) is 0 Å². The van der Waals surface area contributed by atoms with Crippen molar-refractivity contribution < 1.29 is 0 Å². The SMILES string of the molecule is CSCC(C)CN1CCC(CN)C1. The molecule has 1 fully saturated rings. The first-order chi connectivity index (χ1) is 6.26. The summed E-state index contributed by atoms with van der Waals surface area (Å²) in [7, 11) is 0. The molecule has 0 saturated carbocycles. The van der Waals surface area contributed by atoms with Crippen LogP contribution in [0, 0.1) is 11.8 Å². The minimum absolute atomic E-state index is 0.765. The standard InChI is InChI=1S/C10H22N2S/c1-9(8-13-2)6-12-4-3-10(5-11)7-12/h9-10H,3-8,11H2,1-2H3. The van der Waals surface area contributed by atoms with Crippen LogP contribution in [0.15, 0.2) is 0 Å². The first kappa shape index (κ1) is 11.3. The van der Waals surface area contributed by atoms with Crippen molar-refractivity contribution in [1.82, 2.24) is 4.90 Å². The van der Waals surface area contributed by atoms with Crippen LogP contribution in [0.5, 0.6) is 0 Å². The van der Waals surface area contributed by atoms with Crippen LogP contribution in [-0.2, 0) is 0 Å². The average molecular weight is 202 g/mol. The fourth-order valence-electron chi connectivity index (χ4n) is 2.05. The molecule has 2 nitrogen and oxygen atoms in total. The Labute approximate surface area is 86.2 Å². The van der Waals surface area contributed by atoms with Crippen molar-refractivity contribution in [3.63, 3.8) is 0 Å². The third-order valence-electron chi connectivity index (χ3n) is 2.72. The van der Waals surface area contributed by atoms with Gasteiger partial charge in [-0.3, -0.25) is 0 Å². The van der Waals surface area contributed by atoms with Crippen molar-refractivity contribution in [3.05, 3.63) is 0 Å². The summed E-state index contributed by atoms with van der Waals surface area (Å²) in [5, 5.41) is 0. The number of thioether (sulfide) groups is 1. The summed E-state index contributed by atoms with van der Waals surface area (Å²) in [6, 6.07) is 0. The number of hydrogen-bond donors (Lipinski definition) is 1. The predicted molar refractivity (Wildman–Crippen MR) is 61.1 cm³/mol. The molecule has 2 N–H and O–H groups in total. The second-order valence-electron chi connectivity index (χ2n) is 4.21. The number of nitrogens with two attached hydrogens (primary N) is 1. The van der Waals surface area contributed by atoms with E-state index >= 15 is 0 Å². The van der Waals surface area contributed by atoms with Crippen LogP contribution in [0.4, 0.5) is 0 Å². The van der Waals surface area contributed by atoms with E-state index in [-0.39, 0.29) is 0 Å². The molecule has 0 spiro atoms. The Morgan fingerprint density at radius 3 is 2.92 bits per heavy atom. The van der Waals surface area contributed by atoms with E-state index in [0.29, 0.717) is 0 Å². The van der Waals surface area contributed by atoms with Gasteiger partial charge in [0, 0.05) is 13.1 Å². The van der Waals surface area contributed by atoms with Gasteiger partial charge >= 0.3 is 0 Å². The Bertz CT molecular complexity index is 141. The molecule has 78 valence electrons. The summed E-state index contributed by atoms with van der Waals surface area (Å²) in [6.07, 6.45) is 3.49. The van der Waals surface area contributed by atoms with Crippen LogP contribution < -0.4 is 5.73 Å². The molecule has 3 heteroatoms. The summed E-state index contributed by atoms with van der Waals surface area (Å²) < 4.78 is 0. The van der Waals surface area contributed by atoms with E-state index in [1.165, 1.54) is 31.8 Å². The van der Waals surface area contributed by atoms with Gasteiger partial charge in [-0.1, -0.05) is 6.92 Å². The van der Waals surface area contributed by atoms with E-state index in [4.69, 9.17) is 5.73 Å². The van der Waals surface area contributed by atoms with Crippen LogP contribution in [-0.4, -0.2) is 43.1 Å². The van der Waals surface area contributed by atoms with Gasteiger partial charge in [0.15, 0.2) is 0 Å². The smallest absolute Gasteiger partial charge is 0.00223 e. The highest BCUT2D eigenvalue weighted by molar-refractivity contribution is 7.98. The van der Waals surface area contributed by atoms with E-state index < -0.39 is 0 Å². The van der Waals surface area contributed by atoms with E-state index in [0.717, 1.165) is 18.4 Å². The quantitative estimate of drug-likeness (QED) is 0.728. The van der Waals surface area contributed by atoms with Crippen molar-refractivity contribution in [1.29, 1.82) is 0 Å². The molecule has 2 atom stereocenters. The van der Waals surface area contributed by atoms with Crippen LogP contribution in [0.25, 0.3) is 0 Å². The lowest BCUT2D eigenvalue weighted by atomic mass is 10.1. The van der Waals surface area contributed by atoms with Gasteiger partial charge < -0.3 is 10.6 Å². The molecule has 2 unspecified atom stereocenters. The van der Waals surface area contributed by atoms with Crippen LogP contribution in [0.2, 0.25) is 0 Å². The average Bonchev–Trinajstić information content (AvgIpc) is 2.52. The monoisotopic (exact) mass is 202 g/mol. The second kappa shape index (κ2) is 5.89. The Morgan fingerprint density at radius 1 is 1.62 bits per heavy atom. The zero-order valence-electron chi connectivity index (χ0n) is 8.83. The minimum Gasteiger partial charge on any atom is -0.330 e. The van der Waals surface area contributed by atoms with Gasteiger partial charge in [-0.05, 0) is 43.4 Å². The van der Waals surface area contributed by atoms with Gasteiger partial charge in [0.05, 0.1) is 0 Å². The minimum atomic E-state index is 0.765. The van der Waals surface area contributed by atoms with E-state index in [9.17, 15) is 0 Å². The van der Waals surface area contributed by atoms with E-state index in [1.54, 1.807) is 0 Å². The summed E-state index contributed by atoms with van der Waals surface area (Å²) >= 11 is 1.95. The van der Waals surface area contributed by atoms with Crippen molar-refractivity contribution >= 4 is 11.8 Å². The normalized spacial score (nSPS) is 26.5. The second-order valence-corrected chi connectivity index (χ2v) is 5.12. The maximum atomic E-state index is 5.65. The first-order valence-electron chi connectivity index (χ1n) is 5.17. The topological polar surface area (TPSA) is 29.3 Å². The van der Waals surface area contributed by atoms with Crippen molar-refractivity contribution in [2.24, 2.45) is 17.6 Å². The fourth-order valence-corrected chi connectivity index (χ4v) is 2.72. The summed E-state index contributed by atoms with van der Waals surface area (Å²) in [5.74, 6) is 2.87. The Balaban J connectivity index is 2.16. The van der Waals surface area contributed by atoms with Gasteiger partial charge in [0.25, 0.3) is 0 Å². The molecule has 0 aromatic rings. The van der Waals surface area contributed by atoms with Gasteiger partial charge in [0.1, 0.15) is 0 Å². The van der Waals surface area contributed by atoms with Crippen molar-refractivity contribution in [2.75, 3.05) is 38.2 Å². The Morgan fingerprint density at radius 2 is 2.38 bits per heavy atom. The molecule has 1 aliphatic rings. The van der Waals surface area contributed by atoms with Crippen LogP contribution in [0.1, 0.15) is 13.3 Å². The third kappa shape index (κ3) is 3.88. The number of nitrogens with zero attached hydrogens (tertiary/aromatic N) is 1. The summed E-state index contributed by atoms with van der Waals surface area (Å²) in [6.45, 7) is 6.97. The maximum Gasteiger partial charge on any atom is 0.00223 e. The van der Waals surface area contributed by atoms with Crippen molar-refractivity contribution in [3.8, 4) is 0 Å². The Hall–Kier alpha value is 0.270. The van der Waals surface area contributed by atoms with E-state index in [1.807, 2.05) is 11.8 Å². The molecule has 0 bridgehead atoms. The molecule has 0 aromatic heterocycles. The maximum absolute atomic E-state index is 5.65. The lowest BCUT2D eigenvalue weighted by molar-refractivity contribution is 0.290. The van der Waals surface area contributed by atoms with E-state index in [2.05, 4.69) is 18.1 Å². The number of hydrogen-bond acceptors (Lipinski definition) is 3. The zero-order chi connectivity index (χ0) is 9.68. The van der Waals surface area contributed by atoms with Crippen LogP contribution >= 0.6 is 11.8 Å². The highest BCUT2D eigenvalue weighted by Gasteiger charge is 2.21. The van der Waals surface area contributed by atoms with Gasteiger partial charge in [-0.15, -0.1) is 0 Å². The van der Waals surface area contributed by atoms with Crippen molar-refractivity contribution in [2.45, 2.75) is 13.3 Å². The fraction of sp³-hybridized carbons (Fsp3) is 1.00. The molecule has 0 aromatic carbocycles. The summed E-state index contributed by atoms with van der Waals surface area (Å²) in [5.41, 5.74) is 5.65. The molecule has 13 heavy (non-hydrogen) atoms. The highest BCUT2D eigenvalue weighted by atomic mass is 32.2. The molecule has 1 heterocycles. The van der Waals surface area contributed by atoms with Gasteiger partial charge in [-0.25, -0.2) is 0 Å². The molecule has 0 amide bonds. The first-order valence-corrected chi connectivity index (χ1v) is 6.57.